The predicted molar refractivity (Wildman–Crippen MR) is 106 cm³/mol. The summed E-state index contributed by atoms with van der Waals surface area (Å²) in [6.45, 7) is 0.528. The first-order valence-corrected chi connectivity index (χ1v) is 8.70. The zero-order chi connectivity index (χ0) is 19.4. The van der Waals surface area contributed by atoms with Crippen LogP contribution in [0.2, 0.25) is 0 Å². The van der Waals surface area contributed by atoms with E-state index in [1.165, 1.54) is 4.68 Å². The lowest BCUT2D eigenvalue weighted by Gasteiger charge is -2.13. The number of carbonyl (C=O) groups excluding carboxylic acids is 1. The molecule has 0 spiro atoms. The summed E-state index contributed by atoms with van der Waals surface area (Å²) < 4.78 is 1.19. The summed E-state index contributed by atoms with van der Waals surface area (Å²) in [6.07, 6.45) is 0.101. The van der Waals surface area contributed by atoms with Gasteiger partial charge < -0.3 is 10.2 Å². The van der Waals surface area contributed by atoms with Crippen LogP contribution in [0.5, 0.6) is 0 Å². The van der Waals surface area contributed by atoms with E-state index in [1.54, 1.807) is 24.3 Å². The molecule has 1 amide bonds. The number of carbonyl (C=O) groups is 1. The number of benzene rings is 2. The molecule has 0 radical (unpaired) electrons. The average Bonchev–Trinajstić information content (AvgIpc) is 2.68. The number of nitrogens with one attached hydrogen (secondary N) is 2. The zero-order valence-electron chi connectivity index (χ0n) is 15.4. The van der Waals surface area contributed by atoms with Gasteiger partial charge in [-0.3, -0.25) is 19.5 Å². The van der Waals surface area contributed by atoms with E-state index < -0.39 is 0 Å². The summed E-state index contributed by atoms with van der Waals surface area (Å²) in [5.74, 6) is -0.187. The second-order valence-corrected chi connectivity index (χ2v) is 6.53. The SMILES string of the molecule is CN(C)c1ccc(CNC(=O)CCn2[nH]c(=O)c3ccccc3c2=O)cc1. The summed E-state index contributed by atoms with van der Waals surface area (Å²) in [7, 11) is 3.94. The van der Waals surface area contributed by atoms with Gasteiger partial charge in [0.25, 0.3) is 11.1 Å². The van der Waals surface area contributed by atoms with Crippen molar-refractivity contribution in [3.8, 4) is 0 Å². The molecule has 0 bridgehead atoms. The van der Waals surface area contributed by atoms with Gasteiger partial charge in [0.2, 0.25) is 5.91 Å². The molecule has 0 aliphatic carbocycles. The lowest BCUT2D eigenvalue weighted by Crippen LogP contribution is -2.32. The molecule has 0 aliphatic rings. The molecule has 1 heterocycles. The normalized spacial score (nSPS) is 10.7. The third-order valence-corrected chi connectivity index (χ3v) is 4.39. The zero-order valence-corrected chi connectivity index (χ0v) is 15.4. The molecule has 0 saturated heterocycles. The van der Waals surface area contributed by atoms with Gasteiger partial charge >= 0.3 is 0 Å². The molecule has 0 atom stereocenters. The van der Waals surface area contributed by atoms with Gasteiger partial charge in [-0.05, 0) is 29.8 Å². The molecule has 7 heteroatoms. The fraction of sp³-hybridized carbons (Fsp3) is 0.250. The maximum absolute atomic E-state index is 12.4. The first-order valence-electron chi connectivity index (χ1n) is 8.70. The van der Waals surface area contributed by atoms with E-state index in [1.807, 2.05) is 43.3 Å². The van der Waals surface area contributed by atoms with E-state index in [0.29, 0.717) is 17.3 Å². The molecule has 3 rings (SSSR count). The number of hydrogen-bond acceptors (Lipinski definition) is 4. The highest BCUT2D eigenvalue weighted by Gasteiger charge is 2.08. The van der Waals surface area contributed by atoms with Crippen LogP contribution in [0.3, 0.4) is 0 Å². The minimum atomic E-state index is -0.341. The number of nitrogens with zero attached hydrogens (tertiary/aromatic N) is 2. The van der Waals surface area contributed by atoms with Crippen molar-refractivity contribution < 1.29 is 4.79 Å². The van der Waals surface area contributed by atoms with Crippen molar-refractivity contribution in [3.05, 3.63) is 74.8 Å². The Morgan fingerprint density at radius 3 is 2.37 bits per heavy atom. The van der Waals surface area contributed by atoms with Crippen LogP contribution in [0, 0.1) is 0 Å². The molecule has 0 fully saturated rings. The number of aromatic amines is 1. The number of amides is 1. The summed E-state index contributed by atoms with van der Waals surface area (Å²) in [6, 6.07) is 14.5. The van der Waals surface area contributed by atoms with Gasteiger partial charge in [-0.1, -0.05) is 24.3 Å². The molecule has 2 aromatic carbocycles. The van der Waals surface area contributed by atoms with Gasteiger partial charge in [0.1, 0.15) is 0 Å². The molecular weight excluding hydrogens is 344 g/mol. The number of fused-ring (bicyclic) bond motifs is 1. The Morgan fingerprint density at radius 2 is 1.70 bits per heavy atom. The van der Waals surface area contributed by atoms with E-state index in [2.05, 4.69) is 10.4 Å². The Balaban J connectivity index is 1.61. The highest BCUT2D eigenvalue weighted by Crippen LogP contribution is 2.12. The lowest BCUT2D eigenvalue weighted by molar-refractivity contribution is -0.121. The molecule has 0 saturated carbocycles. The number of anilines is 1. The Kier molecular flexibility index (Phi) is 5.40. The minimum absolute atomic E-state index is 0.101. The van der Waals surface area contributed by atoms with Gasteiger partial charge in [-0.25, -0.2) is 4.68 Å². The lowest BCUT2D eigenvalue weighted by atomic mass is 10.2. The first-order chi connectivity index (χ1) is 13.0. The van der Waals surface area contributed by atoms with Crippen LogP contribution in [0.1, 0.15) is 12.0 Å². The number of H-pyrrole nitrogens is 1. The van der Waals surface area contributed by atoms with E-state index in [9.17, 15) is 14.4 Å². The maximum atomic E-state index is 12.4. The molecule has 0 aliphatic heterocycles. The number of aromatic nitrogens is 2. The van der Waals surface area contributed by atoms with Crippen LogP contribution in [0.25, 0.3) is 10.8 Å². The fourth-order valence-electron chi connectivity index (χ4n) is 2.82. The second-order valence-electron chi connectivity index (χ2n) is 6.53. The third kappa shape index (κ3) is 4.25. The van der Waals surface area contributed by atoms with Crippen LogP contribution in [-0.4, -0.2) is 29.8 Å². The summed E-state index contributed by atoms with van der Waals surface area (Å²) in [5, 5.41) is 6.06. The van der Waals surface area contributed by atoms with Gasteiger partial charge in [0, 0.05) is 32.7 Å². The smallest absolute Gasteiger partial charge is 0.273 e. The highest BCUT2D eigenvalue weighted by atomic mass is 16.2. The Labute approximate surface area is 156 Å². The quantitative estimate of drug-likeness (QED) is 0.691. The number of rotatable bonds is 6. The molecular formula is C20H22N4O3. The van der Waals surface area contributed by atoms with Gasteiger partial charge in [-0.2, -0.15) is 0 Å². The summed E-state index contributed by atoms with van der Waals surface area (Å²) >= 11 is 0. The largest absolute Gasteiger partial charge is 0.378 e. The van der Waals surface area contributed by atoms with Crippen LogP contribution < -0.4 is 21.3 Å². The maximum Gasteiger partial charge on any atom is 0.273 e. The van der Waals surface area contributed by atoms with Crippen molar-refractivity contribution in [1.29, 1.82) is 0 Å². The second kappa shape index (κ2) is 7.90. The van der Waals surface area contributed by atoms with Crippen molar-refractivity contribution in [2.75, 3.05) is 19.0 Å². The van der Waals surface area contributed by atoms with E-state index >= 15 is 0 Å². The summed E-state index contributed by atoms with van der Waals surface area (Å²) in [4.78, 5) is 38.6. The van der Waals surface area contributed by atoms with Crippen molar-refractivity contribution in [1.82, 2.24) is 15.1 Å². The van der Waals surface area contributed by atoms with Gasteiger partial charge in [0.15, 0.2) is 0 Å². The molecule has 2 N–H and O–H groups in total. The highest BCUT2D eigenvalue weighted by molar-refractivity contribution is 5.80. The minimum Gasteiger partial charge on any atom is -0.378 e. The van der Waals surface area contributed by atoms with Crippen LogP contribution in [0.15, 0.2) is 58.1 Å². The monoisotopic (exact) mass is 366 g/mol. The molecule has 3 aromatic rings. The van der Waals surface area contributed by atoms with E-state index in [4.69, 9.17) is 0 Å². The molecule has 140 valence electrons. The van der Waals surface area contributed by atoms with Crippen LogP contribution in [0.4, 0.5) is 5.69 Å². The Morgan fingerprint density at radius 1 is 1.04 bits per heavy atom. The third-order valence-electron chi connectivity index (χ3n) is 4.39. The molecule has 1 aromatic heterocycles. The van der Waals surface area contributed by atoms with E-state index in [0.717, 1.165) is 11.3 Å². The van der Waals surface area contributed by atoms with Gasteiger partial charge in [-0.15, -0.1) is 0 Å². The predicted octanol–water partition coefficient (Wildman–Crippen LogP) is 1.46. The van der Waals surface area contributed by atoms with Crippen LogP contribution >= 0.6 is 0 Å². The standard InChI is InChI=1S/C20H22N4O3/c1-23(2)15-9-7-14(8-10-15)13-21-18(25)11-12-24-20(27)17-6-4-3-5-16(17)19(26)22-24/h3-10H,11-13H2,1-2H3,(H,21,25)(H,22,26). The number of hydrogen-bond donors (Lipinski definition) is 2. The number of aryl methyl sites for hydroxylation is 1. The van der Waals surface area contributed by atoms with E-state index in [-0.39, 0.29) is 30.0 Å². The van der Waals surface area contributed by atoms with Crippen molar-refractivity contribution in [2.45, 2.75) is 19.5 Å². The first kappa shape index (κ1) is 18.4. The van der Waals surface area contributed by atoms with Crippen molar-refractivity contribution in [2.24, 2.45) is 0 Å². The fourth-order valence-corrected chi connectivity index (χ4v) is 2.82. The summed E-state index contributed by atoms with van der Waals surface area (Å²) in [5.41, 5.74) is 1.43. The van der Waals surface area contributed by atoms with Crippen LogP contribution in [-0.2, 0) is 17.9 Å². The van der Waals surface area contributed by atoms with Gasteiger partial charge in [0.05, 0.1) is 17.3 Å². The Hall–Kier alpha value is -3.35. The molecule has 0 unspecified atom stereocenters. The van der Waals surface area contributed by atoms with Crippen molar-refractivity contribution in [3.63, 3.8) is 0 Å². The average molecular weight is 366 g/mol. The Bertz CT molecular complexity index is 1070. The van der Waals surface area contributed by atoms with Crippen molar-refractivity contribution >= 4 is 22.4 Å². The molecule has 7 nitrogen and oxygen atoms in total. The topological polar surface area (TPSA) is 87.2 Å². The molecule has 27 heavy (non-hydrogen) atoms.